The van der Waals surface area contributed by atoms with Gasteiger partial charge < -0.3 is 15.4 Å². The first-order chi connectivity index (χ1) is 8.11. The van der Waals surface area contributed by atoms with Gasteiger partial charge in [-0.3, -0.25) is 9.48 Å². The van der Waals surface area contributed by atoms with Crippen molar-refractivity contribution in [3.05, 3.63) is 18.0 Å². The molecule has 1 amide bonds. The lowest BCUT2D eigenvalue weighted by molar-refractivity contribution is -0.0428. The van der Waals surface area contributed by atoms with Crippen LogP contribution in [0.4, 0.5) is 0 Å². The molecule has 1 aliphatic heterocycles. The number of hydrogen-bond donors (Lipinski definition) is 1. The fourth-order valence-electron chi connectivity index (χ4n) is 1.92. The lowest BCUT2D eigenvalue weighted by Gasteiger charge is -2.37. The third-order valence-corrected chi connectivity index (χ3v) is 2.96. The molecule has 6 nitrogen and oxygen atoms in total. The molecule has 0 radical (unpaired) electrons. The van der Waals surface area contributed by atoms with Crippen LogP contribution in [0.2, 0.25) is 0 Å². The Morgan fingerprint density at radius 3 is 3.06 bits per heavy atom. The van der Waals surface area contributed by atoms with Gasteiger partial charge in [0.05, 0.1) is 18.8 Å². The Hall–Kier alpha value is -1.40. The molecule has 2 rings (SSSR count). The maximum atomic E-state index is 12.2. The number of carbonyl (C=O) groups is 1. The normalized spacial score (nSPS) is 25.0. The number of amides is 1. The number of hydrogen-bond acceptors (Lipinski definition) is 4. The van der Waals surface area contributed by atoms with Gasteiger partial charge >= 0.3 is 0 Å². The lowest BCUT2D eigenvalue weighted by Crippen LogP contribution is -2.53. The van der Waals surface area contributed by atoms with E-state index < -0.39 is 0 Å². The third kappa shape index (κ3) is 2.48. The predicted molar refractivity (Wildman–Crippen MR) is 62.5 cm³/mol. The number of aromatic nitrogens is 2. The Bertz CT molecular complexity index is 404. The summed E-state index contributed by atoms with van der Waals surface area (Å²) in [6, 6.07) is 1.79. The SMILES string of the molecule is CC1COC(CN)CN1C(=O)c1ccn(C)n1. The van der Waals surface area contributed by atoms with Crippen molar-refractivity contribution in [1.29, 1.82) is 0 Å². The molecule has 0 aliphatic carbocycles. The highest BCUT2D eigenvalue weighted by atomic mass is 16.5. The van der Waals surface area contributed by atoms with Crippen LogP contribution < -0.4 is 5.73 Å². The lowest BCUT2D eigenvalue weighted by atomic mass is 10.2. The van der Waals surface area contributed by atoms with E-state index >= 15 is 0 Å². The number of aryl methyl sites for hydroxylation is 1. The fraction of sp³-hybridized carbons (Fsp3) is 0.636. The van der Waals surface area contributed by atoms with Gasteiger partial charge in [-0.2, -0.15) is 5.10 Å². The second kappa shape index (κ2) is 4.85. The number of rotatable bonds is 2. The molecule has 1 aliphatic rings. The van der Waals surface area contributed by atoms with Crippen LogP contribution in [0.1, 0.15) is 17.4 Å². The smallest absolute Gasteiger partial charge is 0.274 e. The first-order valence-electron chi connectivity index (χ1n) is 5.74. The third-order valence-electron chi connectivity index (χ3n) is 2.96. The molecule has 0 aromatic carbocycles. The van der Waals surface area contributed by atoms with Crippen molar-refractivity contribution >= 4 is 5.91 Å². The Labute approximate surface area is 100 Å². The monoisotopic (exact) mass is 238 g/mol. The minimum Gasteiger partial charge on any atom is -0.373 e. The number of carbonyl (C=O) groups excluding carboxylic acids is 1. The van der Waals surface area contributed by atoms with Crippen LogP contribution in [0.15, 0.2) is 12.3 Å². The van der Waals surface area contributed by atoms with Crippen molar-refractivity contribution in [2.75, 3.05) is 19.7 Å². The van der Waals surface area contributed by atoms with Gasteiger partial charge in [0.25, 0.3) is 5.91 Å². The van der Waals surface area contributed by atoms with E-state index in [0.29, 0.717) is 25.4 Å². The van der Waals surface area contributed by atoms with Gasteiger partial charge in [0.1, 0.15) is 5.69 Å². The Morgan fingerprint density at radius 2 is 2.47 bits per heavy atom. The van der Waals surface area contributed by atoms with E-state index in [0.717, 1.165) is 0 Å². The van der Waals surface area contributed by atoms with Gasteiger partial charge in [0, 0.05) is 26.3 Å². The van der Waals surface area contributed by atoms with Crippen LogP contribution >= 0.6 is 0 Å². The minimum absolute atomic E-state index is 0.0557. The summed E-state index contributed by atoms with van der Waals surface area (Å²) in [6.45, 7) is 3.46. The zero-order valence-corrected chi connectivity index (χ0v) is 10.2. The van der Waals surface area contributed by atoms with Crippen molar-refractivity contribution in [2.24, 2.45) is 12.8 Å². The molecule has 6 heteroatoms. The molecular weight excluding hydrogens is 220 g/mol. The molecule has 1 fully saturated rings. The van der Waals surface area contributed by atoms with Crippen molar-refractivity contribution < 1.29 is 9.53 Å². The molecule has 0 saturated carbocycles. The van der Waals surface area contributed by atoms with Gasteiger partial charge in [-0.1, -0.05) is 0 Å². The fourth-order valence-corrected chi connectivity index (χ4v) is 1.92. The van der Waals surface area contributed by atoms with Crippen LogP contribution in [0.25, 0.3) is 0 Å². The largest absolute Gasteiger partial charge is 0.373 e. The van der Waals surface area contributed by atoms with Crippen LogP contribution in [0, 0.1) is 0 Å². The molecule has 17 heavy (non-hydrogen) atoms. The van der Waals surface area contributed by atoms with E-state index in [1.165, 1.54) is 0 Å². The standard InChI is InChI=1S/C11H18N4O2/c1-8-7-17-9(5-12)6-15(8)11(16)10-3-4-14(2)13-10/h3-4,8-9H,5-7,12H2,1-2H3. The average Bonchev–Trinajstić information content (AvgIpc) is 2.76. The summed E-state index contributed by atoms with van der Waals surface area (Å²) in [4.78, 5) is 14.0. The second-order valence-electron chi connectivity index (χ2n) is 4.37. The summed E-state index contributed by atoms with van der Waals surface area (Å²) >= 11 is 0. The Kier molecular flexibility index (Phi) is 3.44. The zero-order chi connectivity index (χ0) is 12.4. The molecule has 1 saturated heterocycles. The van der Waals surface area contributed by atoms with Gasteiger partial charge in [-0.25, -0.2) is 0 Å². The summed E-state index contributed by atoms with van der Waals surface area (Å²) in [7, 11) is 1.79. The zero-order valence-electron chi connectivity index (χ0n) is 10.2. The quantitative estimate of drug-likeness (QED) is 0.761. The van der Waals surface area contributed by atoms with Crippen molar-refractivity contribution in [3.63, 3.8) is 0 Å². The van der Waals surface area contributed by atoms with E-state index in [1.54, 1.807) is 28.9 Å². The number of ether oxygens (including phenoxy) is 1. The average molecular weight is 238 g/mol. The number of nitrogens with two attached hydrogens (primary N) is 1. The van der Waals surface area contributed by atoms with E-state index in [2.05, 4.69) is 5.10 Å². The van der Waals surface area contributed by atoms with Crippen molar-refractivity contribution in [1.82, 2.24) is 14.7 Å². The Balaban J connectivity index is 2.12. The first-order valence-corrected chi connectivity index (χ1v) is 5.74. The number of nitrogens with zero attached hydrogens (tertiary/aromatic N) is 3. The highest BCUT2D eigenvalue weighted by molar-refractivity contribution is 5.92. The van der Waals surface area contributed by atoms with Gasteiger partial charge in [0.15, 0.2) is 0 Å². The second-order valence-corrected chi connectivity index (χ2v) is 4.37. The number of morpholine rings is 1. The molecule has 2 N–H and O–H groups in total. The van der Waals surface area contributed by atoms with Crippen LogP contribution in [0.5, 0.6) is 0 Å². The molecule has 94 valence electrons. The van der Waals surface area contributed by atoms with E-state index in [-0.39, 0.29) is 18.1 Å². The summed E-state index contributed by atoms with van der Waals surface area (Å²) in [5.74, 6) is -0.0557. The molecule has 1 aromatic heterocycles. The Morgan fingerprint density at radius 1 is 1.71 bits per heavy atom. The highest BCUT2D eigenvalue weighted by Gasteiger charge is 2.30. The molecule has 0 spiro atoms. The van der Waals surface area contributed by atoms with Crippen LogP contribution in [-0.4, -0.2) is 52.4 Å². The van der Waals surface area contributed by atoms with Gasteiger partial charge in [-0.05, 0) is 13.0 Å². The molecule has 0 bridgehead atoms. The highest BCUT2D eigenvalue weighted by Crippen LogP contribution is 2.14. The topological polar surface area (TPSA) is 73.4 Å². The van der Waals surface area contributed by atoms with Crippen LogP contribution in [0.3, 0.4) is 0 Å². The molecule has 1 aromatic rings. The minimum atomic E-state index is -0.0705. The summed E-state index contributed by atoms with van der Waals surface area (Å²) in [6.07, 6.45) is 1.69. The molecule has 2 heterocycles. The molecule has 2 atom stereocenters. The maximum Gasteiger partial charge on any atom is 0.274 e. The van der Waals surface area contributed by atoms with Crippen LogP contribution in [-0.2, 0) is 11.8 Å². The van der Waals surface area contributed by atoms with Crippen molar-refractivity contribution in [3.8, 4) is 0 Å². The maximum absolute atomic E-state index is 12.2. The van der Waals surface area contributed by atoms with Gasteiger partial charge in [-0.15, -0.1) is 0 Å². The first kappa shape index (κ1) is 12.1. The molecular formula is C11H18N4O2. The summed E-state index contributed by atoms with van der Waals surface area (Å²) < 4.78 is 7.14. The van der Waals surface area contributed by atoms with Gasteiger partial charge in [0.2, 0.25) is 0 Å². The van der Waals surface area contributed by atoms with Crippen molar-refractivity contribution in [2.45, 2.75) is 19.1 Å². The van der Waals surface area contributed by atoms with E-state index in [4.69, 9.17) is 10.5 Å². The van der Waals surface area contributed by atoms with E-state index in [9.17, 15) is 4.79 Å². The summed E-state index contributed by atoms with van der Waals surface area (Å²) in [5, 5.41) is 4.12. The van der Waals surface area contributed by atoms with E-state index in [1.807, 2.05) is 6.92 Å². The summed E-state index contributed by atoms with van der Waals surface area (Å²) in [5.41, 5.74) is 6.04. The predicted octanol–water partition coefficient (Wildman–Crippen LogP) is -0.392. The molecule has 2 unspecified atom stereocenters.